The van der Waals surface area contributed by atoms with Gasteiger partial charge in [0.05, 0.1) is 12.0 Å². The lowest BCUT2D eigenvalue weighted by Crippen LogP contribution is -2.46. The Morgan fingerprint density at radius 3 is 2.52 bits per heavy atom. The molecule has 138 valence electrons. The number of rotatable bonds is 5. The van der Waals surface area contributed by atoms with Crippen LogP contribution in [0.5, 0.6) is 5.75 Å². The van der Waals surface area contributed by atoms with E-state index in [0.29, 0.717) is 12.3 Å². The molecule has 1 saturated heterocycles. The van der Waals surface area contributed by atoms with E-state index in [1.165, 1.54) is 13.2 Å². The number of hydrogen-bond donors (Lipinski definition) is 1. The van der Waals surface area contributed by atoms with Crippen LogP contribution in [-0.4, -0.2) is 41.5 Å². The van der Waals surface area contributed by atoms with Gasteiger partial charge in [-0.3, -0.25) is 19.8 Å². The molecule has 1 aliphatic rings. The van der Waals surface area contributed by atoms with Crippen LogP contribution in [0.1, 0.15) is 39.2 Å². The third kappa shape index (κ3) is 5.16. The van der Waals surface area contributed by atoms with Gasteiger partial charge in [-0.25, -0.2) is 0 Å². The van der Waals surface area contributed by atoms with Crippen LogP contribution in [0.4, 0.5) is 5.69 Å². The highest BCUT2D eigenvalue weighted by Crippen LogP contribution is 2.32. The molecule has 2 rings (SSSR count). The summed E-state index contributed by atoms with van der Waals surface area (Å²) in [6, 6.07) is 4.98. The first-order chi connectivity index (χ1) is 11.7. The van der Waals surface area contributed by atoms with Crippen molar-refractivity contribution >= 4 is 11.6 Å². The van der Waals surface area contributed by atoms with Crippen molar-refractivity contribution in [1.29, 1.82) is 0 Å². The molecule has 1 aromatic carbocycles. The van der Waals surface area contributed by atoms with Gasteiger partial charge in [0.2, 0.25) is 11.7 Å². The molecule has 0 bridgehead atoms. The van der Waals surface area contributed by atoms with E-state index in [9.17, 15) is 14.9 Å². The molecule has 1 N–H and O–H groups in total. The monoisotopic (exact) mass is 349 g/mol. The van der Waals surface area contributed by atoms with Gasteiger partial charge in [-0.2, -0.15) is 0 Å². The number of para-hydroxylation sites is 1. The Labute approximate surface area is 148 Å². The highest BCUT2D eigenvalue weighted by Gasteiger charge is 2.28. The Bertz CT molecular complexity index is 632. The molecule has 0 atom stereocenters. The zero-order valence-electron chi connectivity index (χ0n) is 15.4. The second kappa shape index (κ2) is 7.82. The molecule has 0 unspecified atom stereocenters. The van der Waals surface area contributed by atoms with Crippen molar-refractivity contribution in [3.63, 3.8) is 0 Å². The van der Waals surface area contributed by atoms with E-state index in [2.05, 4.69) is 10.2 Å². The number of piperidine rings is 1. The fourth-order valence-corrected chi connectivity index (χ4v) is 3.14. The largest absolute Gasteiger partial charge is 0.490 e. The fraction of sp³-hybridized carbons (Fsp3) is 0.611. The van der Waals surface area contributed by atoms with Gasteiger partial charge >= 0.3 is 5.69 Å². The summed E-state index contributed by atoms with van der Waals surface area (Å²) >= 11 is 0. The molecule has 0 aliphatic carbocycles. The Hall–Kier alpha value is -2.15. The Balaban J connectivity index is 1.98. The zero-order chi connectivity index (χ0) is 18.6. The smallest absolute Gasteiger partial charge is 0.311 e. The molecule has 7 heteroatoms. The minimum Gasteiger partial charge on any atom is -0.490 e. The van der Waals surface area contributed by atoms with E-state index >= 15 is 0 Å². The van der Waals surface area contributed by atoms with E-state index in [1.807, 2.05) is 26.8 Å². The highest BCUT2D eigenvalue weighted by molar-refractivity contribution is 5.79. The molecule has 0 saturated carbocycles. The van der Waals surface area contributed by atoms with Gasteiger partial charge in [0, 0.05) is 29.6 Å². The lowest BCUT2D eigenvalue weighted by molar-refractivity contribution is -0.385. The SMILES string of the molecule is COc1c(CN2CCC(C(=O)NC(C)(C)C)CC2)cccc1[N+](=O)[O-]. The van der Waals surface area contributed by atoms with Crippen molar-refractivity contribution in [3.05, 3.63) is 33.9 Å². The standard InChI is InChI=1S/C18H27N3O4/c1-18(2,3)19-17(22)13-8-10-20(11-9-13)12-14-6-5-7-15(21(23)24)16(14)25-4/h5-7,13H,8-12H2,1-4H3,(H,19,22). The molecule has 1 amide bonds. The molecule has 0 spiro atoms. The molecular weight excluding hydrogens is 322 g/mol. The first kappa shape index (κ1) is 19.2. The fourth-order valence-electron chi connectivity index (χ4n) is 3.14. The summed E-state index contributed by atoms with van der Waals surface area (Å²) < 4.78 is 5.26. The number of nitrogens with one attached hydrogen (secondary N) is 1. The number of ether oxygens (including phenoxy) is 1. The Morgan fingerprint density at radius 1 is 1.36 bits per heavy atom. The van der Waals surface area contributed by atoms with E-state index in [0.717, 1.165) is 31.5 Å². The van der Waals surface area contributed by atoms with Crippen LogP contribution in [0.2, 0.25) is 0 Å². The summed E-state index contributed by atoms with van der Waals surface area (Å²) in [5, 5.41) is 14.2. The second-order valence-corrected chi connectivity index (χ2v) is 7.52. The molecule has 7 nitrogen and oxygen atoms in total. The maximum absolute atomic E-state index is 12.3. The number of methoxy groups -OCH3 is 1. The van der Waals surface area contributed by atoms with Gasteiger partial charge < -0.3 is 10.1 Å². The van der Waals surface area contributed by atoms with Crippen molar-refractivity contribution in [2.45, 2.75) is 45.7 Å². The summed E-state index contributed by atoms with van der Waals surface area (Å²) in [7, 11) is 1.45. The lowest BCUT2D eigenvalue weighted by atomic mass is 9.94. The van der Waals surface area contributed by atoms with Gasteiger partial charge in [0.25, 0.3) is 0 Å². The van der Waals surface area contributed by atoms with Gasteiger partial charge in [-0.05, 0) is 46.7 Å². The lowest BCUT2D eigenvalue weighted by Gasteiger charge is -2.33. The summed E-state index contributed by atoms with van der Waals surface area (Å²) in [5.41, 5.74) is 0.568. The predicted molar refractivity (Wildman–Crippen MR) is 95.5 cm³/mol. The second-order valence-electron chi connectivity index (χ2n) is 7.52. The minimum absolute atomic E-state index is 0.0144. The highest BCUT2D eigenvalue weighted by atomic mass is 16.6. The number of hydrogen-bond acceptors (Lipinski definition) is 5. The normalized spacial score (nSPS) is 16.5. The van der Waals surface area contributed by atoms with Gasteiger partial charge in [-0.1, -0.05) is 12.1 Å². The van der Waals surface area contributed by atoms with E-state index in [4.69, 9.17) is 4.74 Å². The average Bonchev–Trinajstić information content (AvgIpc) is 2.53. The van der Waals surface area contributed by atoms with Crippen molar-refractivity contribution in [2.24, 2.45) is 5.92 Å². The van der Waals surface area contributed by atoms with Crippen molar-refractivity contribution < 1.29 is 14.5 Å². The van der Waals surface area contributed by atoms with Crippen LogP contribution in [0.25, 0.3) is 0 Å². The van der Waals surface area contributed by atoms with Crippen LogP contribution in [0.15, 0.2) is 18.2 Å². The first-order valence-electron chi connectivity index (χ1n) is 8.56. The van der Waals surface area contributed by atoms with Crippen LogP contribution in [0, 0.1) is 16.0 Å². The minimum atomic E-state index is -0.425. The molecular formula is C18H27N3O4. The quantitative estimate of drug-likeness (QED) is 0.653. The number of likely N-dealkylation sites (tertiary alicyclic amines) is 1. The van der Waals surface area contributed by atoms with Gasteiger partial charge in [-0.15, -0.1) is 0 Å². The number of amides is 1. The third-order valence-electron chi connectivity index (χ3n) is 4.33. The summed E-state index contributed by atoms with van der Waals surface area (Å²) in [5.74, 6) is 0.461. The summed E-state index contributed by atoms with van der Waals surface area (Å²) in [6.07, 6.45) is 1.58. The average molecular weight is 349 g/mol. The molecule has 1 aliphatic heterocycles. The molecule has 25 heavy (non-hydrogen) atoms. The molecule has 1 fully saturated rings. The number of carbonyl (C=O) groups is 1. The summed E-state index contributed by atoms with van der Waals surface area (Å²) in [4.78, 5) is 25.2. The third-order valence-corrected chi connectivity index (χ3v) is 4.33. The number of nitro groups is 1. The number of benzene rings is 1. The van der Waals surface area contributed by atoms with Gasteiger partial charge in [0.15, 0.2) is 0 Å². The molecule has 1 aromatic rings. The van der Waals surface area contributed by atoms with Crippen molar-refractivity contribution in [3.8, 4) is 5.75 Å². The van der Waals surface area contributed by atoms with Crippen LogP contribution in [-0.2, 0) is 11.3 Å². The van der Waals surface area contributed by atoms with E-state index in [-0.39, 0.29) is 23.1 Å². The number of nitrogens with zero attached hydrogens (tertiary/aromatic N) is 2. The van der Waals surface area contributed by atoms with Gasteiger partial charge in [0.1, 0.15) is 0 Å². The Morgan fingerprint density at radius 2 is 2.00 bits per heavy atom. The zero-order valence-corrected chi connectivity index (χ0v) is 15.4. The van der Waals surface area contributed by atoms with Crippen molar-refractivity contribution in [1.82, 2.24) is 10.2 Å². The number of carbonyl (C=O) groups excluding carboxylic acids is 1. The topological polar surface area (TPSA) is 84.7 Å². The van der Waals surface area contributed by atoms with Crippen LogP contribution >= 0.6 is 0 Å². The predicted octanol–water partition coefficient (Wildman–Crippen LogP) is 2.73. The van der Waals surface area contributed by atoms with Crippen molar-refractivity contribution in [2.75, 3.05) is 20.2 Å². The van der Waals surface area contributed by atoms with E-state index < -0.39 is 4.92 Å². The molecule has 0 radical (unpaired) electrons. The maximum atomic E-state index is 12.3. The summed E-state index contributed by atoms with van der Waals surface area (Å²) in [6.45, 7) is 8.10. The maximum Gasteiger partial charge on any atom is 0.311 e. The molecule has 0 aromatic heterocycles. The Kier molecular flexibility index (Phi) is 6.00. The molecule has 1 heterocycles. The van der Waals surface area contributed by atoms with Crippen LogP contribution in [0.3, 0.4) is 0 Å². The van der Waals surface area contributed by atoms with E-state index in [1.54, 1.807) is 6.07 Å². The van der Waals surface area contributed by atoms with Crippen LogP contribution < -0.4 is 10.1 Å². The number of nitro benzene ring substituents is 1. The first-order valence-corrected chi connectivity index (χ1v) is 8.56.